The molecule has 0 bridgehead atoms. The molecule has 0 spiro atoms. The van der Waals surface area contributed by atoms with Gasteiger partial charge in [0.15, 0.2) is 0 Å². The summed E-state index contributed by atoms with van der Waals surface area (Å²) >= 11 is 1.21. The van der Waals surface area contributed by atoms with E-state index in [0.29, 0.717) is 33.0 Å². The van der Waals surface area contributed by atoms with Crippen molar-refractivity contribution in [1.82, 2.24) is 9.38 Å². The van der Waals surface area contributed by atoms with Crippen LogP contribution in [0.4, 0.5) is 10.1 Å². The summed E-state index contributed by atoms with van der Waals surface area (Å²) in [5, 5.41) is 0.423. The van der Waals surface area contributed by atoms with Crippen molar-refractivity contribution in [3.05, 3.63) is 75.3 Å². The Morgan fingerprint density at radius 2 is 2.00 bits per heavy atom. The van der Waals surface area contributed by atoms with Crippen LogP contribution in [0.2, 0.25) is 0 Å². The molecular formula is C21H18FN3O2S. The van der Waals surface area contributed by atoms with E-state index in [1.54, 1.807) is 35.4 Å². The number of aromatic nitrogens is 2. The maximum atomic E-state index is 13.3. The smallest absolute Gasteiger partial charge is 0.268 e. The van der Waals surface area contributed by atoms with Crippen LogP contribution in [0.5, 0.6) is 0 Å². The Kier molecular flexibility index (Phi) is 4.68. The van der Waals surface area contributed by atoms with Crippen molar-refractivity contribution in [2.75, 3.05) is 11.4 Å². The van der Waals surface area contributed by atoms with Crippen molar-refractivity contribution in [1.29, 1.82) is 0 Å². The van der Waals surface area contributed by atoms with Gasteiger partial charge in [-0.2, -0.15) is 0 Å². The molecule has 0 aliphatic rings. The SMILES string of the molecule is CCCN(C(=O)c1cc2c(=O)n3cccc(C)c3nc2s1)c1ccc(F)cc1. The Labute approximate surface area is 164 Å². The minimum atomic E-state index is -0.353. The largest absolute Gasteiger partial charge is 0.308 e. The molecule has 0 saturated carbocycles. The average molecular weight is 395 g/mol. The average Bonchev–Trinajstić information content (AvgIpc) is 3.12. The molecule has 0 aliphatic heterocycles. The zero-order chi connectivity index (χ0) is 19.8. The summed E-state index contributed by atoms with van der Waals surface area (Å²) in [6.45, 7) is 4.36. The van der Waals surface area contributed by atoms with E-state index >= 15 is 0 Å². The molecule has 1 aromatic carbocycles. The summed E-state index contributed by atoms with van der Waals surface area (Å²) in [6.07, 6.45) is 2.43. The lowest BCUT2D eigenvalue weighted by atomic mass is 10.2. The number of fused-ring (bicyclic) bond motifs is 2. The summed E-state index contributed by atoms with van der Waals surface area (Å²) in [4.78, 5) is 33.2. The number of anilines is 1. The predicted molar refractivity (Wildman–Crippen MR) is 110 cm³/mol. The van der Waals surface area contributed by atoms with Crippen molar-refractivity contribution < 1.29 is 9.18 Å². The van der Waals surface area contributed by atoms with Gasteiger partial charge in [0.2, 0.25) is 0 Å². The maximum absolute atomic E-state index is 13.3. The highest BCUT2D eigenvalue weighted by Gasteiger charge is 2.21. The van der Waals surface area contributed by atoms with Gasteiger partial charge in [0.25, 0.3) is 11.5 Å². The Balaban J connectivity index is 1.83. The lowest BCUT2D eigenvalue weighted by molar-refractivity contribution is 0.0991. The Bertz CT molecular complexity index is 1240. The first-order chi connectivity index (χ1) is 13.5. The van der Waals surface area contributed by atoms with Crippen LogP contribution in [0.25, 0.3) is 15.9 Å². The topological polar surface area (TPSA) is 54.7 Å². The van der Waals surface area contributed by atoms with Crippen LogP contribution in [-0.4, -0.2) is 21.8 Å². The first kappa shape index (κ1) is 18.3. The number of nitrogens with zero attached hydrogens (tertiary/aromatic N) is 3. The minimum absolute atomic E-state index is 0.192. The highest BCUT2D eigenvalue weighted by Crippen LogP contribution is 2.26. The number of halogens is 1. The molecule has 0 N–H and O–H groups in total. The number of amides is 1. The van der Waals surface area contributed by atoms with E-state index < -0.39 is 0 Å². The molecule has 0 unspecified atom stereocenters. The molecule has 4 aromatic rings. The zero-order valence-corrected chi connectivity index (χ0v) is 16.3. The normalized spacial score (nSPS) is 11.2. The molecule has 0 fully saturated rings. The number of carbonyl (C=O) groups is 1. The number of rotatable bonds is 4. The Hall–Kier alpha value is -3.06. The van der Waals surface area contributed by atoms with Crippen molar-refractivity contribution in [2.45, 2.75) is 20.3 Å². The molecule has 142 valence electrons. The number of aryl methyl sites for hydroxylation is 1. The summed E-state index contributed by atoms with van der Waals surface area (Å²) in [5.41, 5.74) is 1.91. The van der Waals surface area contributed by atoms with Gasteiger partial charge in [-0.25, -0.2) is 9.37 Å². The predicted octanol–water partition coefficient (Wildman–Crippen LogP) is 4.41. The van der Waals surface area contributed by atoms with Gasteiger partial charge in [0, 0.05) is 18.4 Å². The molecule has 4 rings (SSSR count). The van der Waals surface area contributed by atoms with Crippen LogP contribution < -0.4 is 10.5 Å². The second kappa shape index (κ2) is 7.16. The van der Waals surface area contributed by atoms with Crippen molar-refractivity contribution >= 4 is 38.8 Å². The third kappa shape index (κ3) is 3.07. The fourth-order valence-corrected chi connectivity index (χ4v) is 4.16. The van der Waals surface area contributed by atoms with Crippen LogP contribution in [0.1, 0.15) is 28.6 Å². The molecule has 3 heterocycles. The number of hydrogen-bond donors (Lipinski definition) is 0. The van der Waals surface area contributed by atoms with Gasteiger partial charge in [0.1, 0.15) is 16.3 Å². The highest BCUT2D eigenvalue weighted by atomic mass is 32.1. The number of thiophene rings is 1. The van der Waals surface area contributed by atoms with Crippen LogP contribution in [0.15, 0.2) is 53.5 Å². The third-order valence-electron chi connectivity index (χ3n) is 4.57. The fourth-order valence-electron chi connectivity index (χ4n) is 3.19. The van der Waals surface area contributed by atoms with E-state index in [-0.39, 0.29) is 17.3 Å². The third-order valence-corrected chi connectivity index (χ3v) is 5.59. The monoisotopic (exact) mass is 395 g/mol. The van der Waals surface area contributed by atoms with Gasteiger partial charge in [-0.05, 0) is 55.3 Å². The van der Waals surface area contributed by atoms with E-state index in [9.17, 15) is 14.0 Å². The Morgan fingerprint density at radius 3 is 2.71 bits per heavy atom. The second-order valence-electron chi connectivity index (χ2n) is 6.56. The van der Waals surface area contributed by atoms with Gasteiger partial charge in [-0.15, -0.1) is 11.3 Å². The molecular weight excluding hydrogens is 377 g/mol. The molecule has 1 amide bonds. The number of benzene rings is 1. The van der Waals surface area contributed by atoms with Gasteiger partial charge in [0.05, 0.1) is 10.3 Å². The van der Waals surface area contributed by atoms with E-state index in [0.717, 1.165) is 12.0 Å². The summed E-state index contributed by atoms with van der Waals surface area (Å²) in [7, 11) is 0. The van der Waals surface area contributed by atoms with E-state index in [2.05, 4.69) is 4.98 Å². The highest BCUT2D eigenvalue weighted by molar-refractivity contribution is 7.20. The summed E-state index contributed by atoms with van der Waals surface area (Å²) in [6, 6.07) is 11.1. The molecule has 3 aromatic heterocycles. The van der Waals surface area contributed by atoms with E-state index in [1.165, 1.54) is 27.9 Å². The molecule has 28 heavy (non-hydrogen) atoms. The molecule has 0 radical (unpaired) electrons. The van der Waals surface area contributed by atoms with Gasteiger partial charge < -0.3 is 4.90 Å². The van der Waals surface area contributed by atoms with Crippen LogP contribution in [-0.2, 0) is 0 Å². The first-order valence-electron chi connectivity index (χ1n) is 8.98. The van der Waals surface area contributed by atoms with Crippen LogP contribution >= 0.6 is 11.3 Å². The van der Waals surface area contributed by atoms with Crippen molar-refractivity contribution in [2.24, 2.45) is 0 Å². The fraction of sp³-hybridized carbons (Fsp3) is 0.190. The number of pyridine rings is 1. The standard InChI is InChI=1S/C21H18FN3O2S/c1-3-10-24(15-8-6-14(22)7-9-15)21(27)17-12-16-19(28-17)23-18-13(2)5-4-11-25(18)20(16)26/h4-9,11-12H,3,10H2,1-2H3. The van der Waals surface area contributed by atoms with Gasteiger partial charge in [-0.3, -0.25) is 14.0 Å². The van der Waals surface area contributed by atoms with Crippen LogP contribution in [0, 0.1) is 12.7 Å². The zero-order valence-electron chi connectivity index (χ0n) is 15.5. The second-order valence-corrected chi connectivity index (χ2v) is 7.60. The summed E-state index contributed by atoms with van der Waals surface area (Å²) < 4.78 is 14.8. The lowest BCUT2D eigenvalue weighted by Gasteiger charge is -2.21. The Morgan fingerprint density at radius 1 is 1.25 bits per heavy atom. The van der Waals surface area contributed by atoms with E-state index in [4.69, 9.17) is 0 Å². The molecule has 0 saturated heterocycles. The van der Waals surface area contributed by atoms with E-state index in [1.807, 2.05) is 19.9 Å². The van der Waals surface area contributed by atoms with Gasteiger partial charge in [-0.1, -0.05) is 13.0 Å². The maximum Gasteiger partial charge on any atom is 0.268 e. The first-order valence-corrected chi connectivity index (χ1v) is 9.80. The molecule has 0 atom stereocenters. The van der Waals surface area contributed by atoms with Crippen molar-refractivity contribution in [3.8, 4) is 0 Å². The van der Waals surface area contributed by atoms with Crippen LogP contribution in [0.3, 0.4) is 0 Å². The number of hydrogen-bond acceptors (Lipinski definition) is 4. The van der Waals surface area contributed by atoms with Gasteiger partial charge >= 0.3 is 0 Å². The number of carbonyl (C=O) groups excluding carboxylic acids is 1. The quantitative estimate of drug-likeness (QED) is 0.514. The molecule has 0 aliphatic carbocycles. The molecule has 7 heteroatoms. The lowest BCUT2D eigenvalue weighted by Crippen LogP contribution is -2.31. The molecule has 5 nitrogen and oxygen atoms in total. The summed E-state index contributed by atoms with van der Waals surface area (Å²) in [5.74, 6) is -0.574. The van der Waals surface area contributed by atoms with Crippen molar-refractivity contribution in [3.63, 3.8) is 0 Å². The minimum Gasteiger partial charge on any atom is -0.308 e.